The molecule has 1 aromatic carbocycles. The van der Waals surface area contributed by atoms with Crippen molar-refractivity contribution in [3.63, 3.8) is 0 Å². The largest absolute Gasteiger partial charge is 0.481 e. The van der Waals surface area contributed by atoms with Crippen LogP contribution >= 0.6 is 23.2 Å². The third-order valence-corrected chi connectivity index (χ3v) is 4.80. The number of benzene rings is 1. The van der Waals surface area contributed by atoms with Crippen LogP contribution in [0.2, 0.25) is 10.0 Å². The standard InChI is InChI=1S/C17H16Cl2N2O4/c18-10-1-2-11(12(19)7-10)13-8-20-15(25-13)4-3-14(22)21-9-17(5-6-17)16(23)24/h1-2,7-8H,3-6,9H2,(H,21,22)(H,23,24). The van der Waals surface area contributed by atoms with Gasteiger partial charge >= 0.3 is 5.97 Å². The molecule has 132 valence electrons. The van der Waals surface area contributed by atoms with E-state index in [1.807, 2.05) is 0 Å². The fourth-order valence-electron chi connectivity index (χ4n) is 2.43. The molecule has 2 N–H and O–H groups in total. The molecule has 1 aliphatic rings. The van der Waals surface area contributed by atoms with Gasteiger partial charge in [-0.25, -0.2) is 4.98 Å². The summed E-state index contributed by atoms with van der Waals surface area (Å²) < 4.78 is 5.62. The van der Waals surface area contributed by atoms with Crippen molar-refractivity contribution in [3.8, 4) is 11.3 Å². The number of carbonyl (C=O) groups is 2. The summed E-state index contributed by atoms with van der Waals surface area (Å²) in [6.45, 7) is 0.165. The van der Waals surface area contributed by atoms with E-state index in [0.29, 0.717) is 46.5 Å². The van der Waals surface area contributed by atoms with E-state index < -0.39 is 11.4 Å². The van der Waals surface area contributed by atoms with Crippen molar-refractivity contribution >= 4 is 35.1 Å². The molecule has 0 radical (unpaired) electrons. The maximum absolute atomic E-state index is 11.9. The maximum atomic E-state index is 11.9. The zero-order chi connectivity index (χ0) is 18.0. The Labute approximate surface area is 154 Å². The molecule has 1 aliphatic carbocycles. The Hall–Kier alpha value is -2.05. The van der Waals surface area contributed by atoms with Crippen molar-refractivity contribution in [1.29, 1.82) is 0 Å². The monoisotopic (exact) mass is 382 g/mol. The summed E-state index contributed by atoms with van der Waals surface area (Å²) in [5.41, 5.74) is -0.0942. The van der Waals surface area contributed by atoms with Crippen LogP contribution in [-0.2, 0) is 16.0 Å². The summed E-state index contributed by atoms with van der Waals surface area (Å²) in [6.07, 6.45) is 3.24. The van der Waals surface area contributed by atoms with Gasteiger partial charge in [-0.2, -0.15) is 0 Å². The molecule has 25 heavy (non-hydrogen) atoms. The van der Waals surface area contributed by atoms with Crippen LogP contribution in [0.1, 0.15) is 25.2 Å². The van der Waals surface area contributed by atoms with E-state index in [0.717, 1.165) is 0 Å². The third-order valence-electron chi connectivity index (χ3n) is 4.25. The number of nitrogens with zero attached hydrogens (tertiary/aromatic N) is 1. The highest BCUT2D eigenvalue weighted by atomic mass is 35.5. The molecular formula is C17H16Cl2N2O4. The number of aliphatic carboxylic acids is 1. The molecule has 2 aromatic rings. The lowest BCUT2D eigenvalue weighted by atomic mass is 10.1. The Kier molecular flexibility index (Phi) is 5.01. The first kappa shape index (κ1) is 17.8. The van der Waals surface area contributed by atoms with E-state index in [4.69, 9.17) is 32.7 Å². The van der Waals surface area contributed by atoms with Crippen LogP contribution in [0, 0.1) is 5.41 Å². The number of oxazole rings is 1. The van der Waals surface area contributed by atoms with Crippen LogP contribution in [0.4, 0.5) is 0 Å². The Balaban J connectivity index is 1.53. The van der Waals surface area contributed by atoms with Crippen LogP contribution in [0.5, 0.6) is 0 Å². The number of aromatic nitrogens is 1. The average Bonchev–Trinajstić information content (AvgIpc) is 3.23. The summed E-state index contributed by atoms with van der Waals surface area (Å²) >= 11 is 12.0. The lowest BCUT2D eigenvalue weighted by molar-refractivity contribution is -0.143. The first-order valence-corrected chi connectivity index (χ1v) is 8.55. The van der Waals surface area contributed by atoms with Crippen LogP contribution in [-0.4, -0.2) is 28.5 Å². The van der Waals surface area contributed by atoms with Crippen molar-refractivity contribution in [2.75, 3.05) is 6.54 Å². The molecule has 1 heterocycles. The molecule has 8 heteroatoms. The molecule has 0 unspecified atom stereocenters. The maximum Gasteiger partial charge on any atom is 0.311 e. The van der Waals surface area contributed by atoms with Gasteiger partial charge in [0.25, 0.3) is 0 Å². The number of halogens is 2. The zero-order valence-electron chi connectivity index (χ0n) is 13.2. The van der Waals surface area contributed by atoms with E-state index in [-0.39, 0.29) is 18.9 Å². The SMILES string of the molecule is O=C(CCc1ncc(-c2ccc(Cl)cc2Cl)o1)NCC1(C(=O)O)CC1. The molecule has 1 aromatic heterocycles. The molecule has 6 nitrogen and oxygen atoms in total. The fraction of sp³-hybridized carbons (Fsp3) is 0.353. The minimum absolute atomic E-state index is 0.165. The molecule has 0 aliphatic heterocycles. The van der Waals surface area contributed by atoms with Gasteiger partial charge in [-0.3, -0.25) is 9.59 Å². The van der Waals surface area contributed by atoms with E-state index in [9.17, 15) is 9.59 Å². The average molecular weight is 383 g/mol. The minimum atomic E-state index is -0.856. The van der Waals surface area contributed by atoms with Crippen LogP contribution in [0.15, 0.2) is 28.8 Å². The summed E-state index contributed by atoms with van der Waals surface area (Å²) in [4.78, 5) is 27.1. The second-order valence-electron chi connectivity index (χ2n) is 6.10. The number of aryl methyl sites for hydroxylation is 1. The summed E-state index contributed by atoms with van der Waals surface area (Å²) in [7, 11) is 0. The number of hydrogen-bond acceptors (Lipinski definition) is 4. The number of carbonyl (C=O) groups excluding carboxylic acids is 1. The van der Waals surface area contributed by atoms with Gasteiger partial charge < -0.3 is 14.8 Å². The van der Waals surface area contributed by atoms with Crippen molar-refractivity contribution in [3.05, 3.63) is 40.3 Å². The van der Waals surface area contributed by atoms with E-state index in [1.165, 1.54) is 0 Å². The summed E-state index contributed by atoms with van der Waals surface area (Å²) in [5, 5.41) is 12.7. The van der Waals surface area contributed by atoms with Gasteiger partial charge in [0.2, 0.25) is 5.91 Å². The first-order chi connectivity index (χ1) is 11.9. The lowest BCUT2D eigenvalue weighted by Gasteiger charge is -2.10. The number of hydrogen-bond donors (Lipinski definition) is 2. The Bertz CT molecular complexity index is 815. The number of rotatable bonds is 7. The van der Waals surface area contributed by atoms with Gasteiger partial charge in [0.1, 0.15) is 0 Å². The predicted octanol–water partition coefficient (Wildman–Crippen LogP) is 3.56. The second kappa shape index (κ2) is 7.06. The van der Waals surface area contributed by atoms with Gasteiger partial charge in [-0.15, -0.1) is 0 Å². The van der Waals surface area contributed by atoms with E-state index >= 15 is 0 Å². The quantitative estimate of drug-likeness (QED) is 0.763. The van der Waals surface area contributed by atoms with Crippen molar-refractivity contribution in [1.82, 2.24) is 10.3 Å². The second-order valence-corrected chi connectivity index (χ2v) is 6.95. The Morgan fingerprint density at radius 3 is 2.72 bits per heavy atom. The van der Waals surface area contributed by atoms with Crippen molar-refractivity contribution in [2.24, 2.45) is 5.41 Å². The predicted molar refractivity (Wildman–Crippen MR) is 92.6 cm³/mol. The number of carboxylic acids is 1. The molecule has 3 rings (SSSR count). The highest BCUT2D eigenvalue weighted by Crippen LogP contribution is 2.45. The lowest BCUT2D eigenvalue weighted by Crippen LogP contribution is -2.34. The van der Waals surface area contributed by atoms with Gasteiger partial charge in [0.05, 0.1) is 16.6 Å². The van der Waals surface area contributed by atoms with Crippen molar-refractivity contribution in [2.45, 2.75) is 25.7 Å². The summed E-state index contributed by atoms with van der Waals surface area (Å²) in [5.74, 6) is -0.169. The highest BCUT2D eigenvalue weighted by Gasteiger charge is 2.50. The molecule has 1 fully saturated rings. The number of nitrogens with one attached hydrogen (secondary N) is 1. The normalized spacial score (nSPS) is 15.0. The molecule has 0 atom stereocenters. The number of amides is 1. The number of carboxylic acid groups (broad SMARTS) is 1. The molecule has 1 amide bonds. The molecule has 1 saturated carbocycles. The van der Waals surface area contributed by atoms with Crippen LogP contribution < -0.4 is 5.32 Å². The topological polar surface area (TPSA) is 92.4 Å². The van der Waals surface area contributed by atoms with Crippen LogP contribution in [0.25, 0.3) is 11.3 Å². The van der Waals surface area contributed by atoms with Gasteiger partial charge in [-0.05, 0) is 31.0 Å². The van der Waals surface area contributed by atoms with Crippen molar-refractivity contribution < 1.29 is 19.1 Å². The fourth-order valence-corrected chi connectivity index (χ4v) is 2.94. The van der Waals surface area contributed by atoms with Gasteiger partial charge in [0.15, 0.2) is 11.7 Å². The smallest absolute Gasteiger partial charge is 0.311 e. The molecule has 0 bridgehead atoms. The Morgan fingerprint density at radius 1 is 1.32 bits per heavy atom. The third kappa shape index (κ3) is 4.14. The van der Waals surface area contributed by atoms with E-state index in [2.05, 4.69) is 10.3 Å². The minimum Gasteiger partial charge on any atom is -0.481 e. The van der Waals surface area contributed by atoms with Crippen LogP contribution in [0.3, 0.4) is 0 Å². The zero-order valence-corrected chi connectivity index (χ0v) is 14.7. The first-order valence-electron chi connectivity index (χ1n) is 7.80. The van der Waals surface area contributed by atoms with Gasteiger partial charge in [-0.1, -0.05) is 23.2 Å². The van der Waals surface area contributed by atoms with Gasteiger partial charge in [0, 0.05) is 30.0 Å². The highest BCUT2D eigenvalue weighted by molar-refractivity contribution is 6.36. The molecule has 0 saturated heterocycles. The molecule has 0 spiro atoms. The molecular weight excluding hydrogens is 367 g/mol. The Morgan fingerprint density at radius 2 is 2.08 bits per heavy atom. The van der Waals surface area contributed by atoms with E-state index in [1.54, 1.807) is 24.4 Å². The summed E-state index contributed by atoms with van der Waals surface area (Å²) in [6, 6.07) is 5.06.